The van der Waals surface area contributed by atoms with Crippen molar-refractivity contribution in [1.29, 1.82) is 0 Å². The standard InChI is InChI=1S/C22H23N3O2S/c26-18(13-17-9-6-8-16-7-2-3-10-19(16)17)14-21-23-20(15-28-21)22(27)24-25-11-4-1-5-12-25/h2-3,6-10,15H,1,4-5,11-14H2,(H,24,27). The highest BCUT2D eigenvalue weighted by Crippen LogP contribution is 2.20. The lowest BCUT2D eigenvalue weighted by Gasteiger charge is -2.26. The van der Waals surface area contributed by atoms with Crippen LogP contribution in [-0.4, -0.2) is 34.8 Å². The molecule has 0 spiro atoms. The largest absolute Gasteiger partial charge is 0.299 e. The minimum absolute atomic E-state index is 0.105. The summed E-state index contributed by atoms with van der Waals surface area (Å²) in [4.78, 5) is 29.3. The van der Waals surface area contributed by atoms with E-state index in [2.05, 4.69) is 22.5 Å². The molecule has 28 heavy (non-hydrogen) atoms. The molecule has 144 valence electrons. The fourth-order valence-electron chi connectivity index (χ4n) is 3.59. The van der Waals surface area contributed by atoms with E-state index in [1.165, 1.54) is 17.8 Å². The molecule has 3 aromatic rings. The van der Waals surface area contributed by atoms with Gasteiger partial charge in [0.05, 0.1) is 6.42 Å². The minimum atomic E-state index is -0.189. The second-order valence-corrected chi connectivity index (χ2v) is 8.09. The molecule has 0 radical (unpaired) electrons. The Kier molecular flexibility index (Phi) is 5.78. The van der Waals surface area contributed by atoms with Crippen LogP contribution in [0.2, 0.25) is 0 Å². The third kappa shape index (κ3) is 4.46. The fourth-order valence-corrected chi connectivity index (χ4v) is 4.40. The molecule has 1 aliphatic rings. The number of amides is 1. The normalized spacial score (nSPS) is 14.9. The minimum Gasteiger partial charge on any atom is -0.299 e. The number of hydrogen-bond acceptors (Lipinski definition) is 5. The van der Waals surface area contributed by atoms with Crippen LogP contribution in [0.25, 0.3) is 10.8 Å². The van der Waals surface area contributed by atoms with Gasteiger partial charge in [0.1, 0.15) is 16.5 Å². The summed E-state index contributed by atoms with van der Waals surface area (Å²) in [5, 5.41) is 6.63. The number of nitrogens with one attached hydrogen (secondary N) is 1. The lowest BCUT2D eigenvalue weighted by Crippen LogP contribution is -2.45. The maximum atomic E-state index is 12.6. The zero-order valence-corrected chi connectivity index (χ0v) is 16.5. The topological polar surface area (TPSA) is 62.3 Å². The number of hydrogen-bond donors (Lipinski definition) is 1. The van der Waals surface area contributed by atoms with Crippen molar-refractivity contribution in [3.8, 4) is 0 Å². The van der Waals surface area contributed by atoms with Gasteiger partial charge in [0.25, 0.3) is 5.91 Å². The lowest BCUT2D eigenvalue weighted by atomic mass is 10.00. The van der Waals surface area contributed by atoms with Crippen molar-refractivity contribution in [3.05, 3.63) is 64.1 Å². The number of Topliss-reactive ketones (excluding diaryl/α,β-unsaturated/α-hetero) is 1. The molecule has 1 fully saturated rings. The molecule has 2 heterocycles. The molecule has 4 rings (SSSR count). The smallest absolute Gasteiger partial charge is 0.285 e. The number of hydrazine groups is 1. The van der Waals surface area contributed by atoms with Crippen LogP contribution < -0.4 is 5.43 Å². The van der Waals surface area contributed by atoms with E-state index < -0.39 is 0 Å². The molecule has 0 atom stereocenters. The molecule has 6 heteroatoms. The van der Waals surface area contributed by atoms with Crippen molar-refractivity contribution in [1.82, 2.24) is 15.4 Å². The number of piperidine rings is 1. The second-order valence-electron chi connectivity index (χ2n) is 7.15. The molecule has 5 nitrogen and oxygen atoms in total. The summed E-state index contributed by atoms with van der Waals surface area (Å²) in [7, 11) is 0. The van der Waals surface area contributed by atoms with Crippen LogP contribution in [0.3, 0.4) is 0 Å². The quantitative estimate of drug-likeness (QED) is 0.692. The second kappa shape index (κ2) is 8.63. The van der Waals surface area contributed by atoms with Crippen LogP contribution in [0.1, 0.15) is 40.3 Å². The van der Waals surface area contributed by atoms with Crippen molar-refractivity contribution in [2.75, 3.05) is 13.1 Å². The van der Waals surface area contributed by atoms with Crippen LogP contribution in [0.15, 0.2) is 47.8 Å². The first-order valence-corrected chi connectivity index (χ1v) is 10.6. The van der Waals surface area contributed by atoms with E-state index in [4.69, 9.17) is 0 Å². The molecule has 1 N–H and O–H groups in total. The Bertz CT molecular complexity index is 987. The number of benzene rings is 2. The maximum Gasteiger partial charge on any atom is 0.285 e. The van der Waals surface area contributed by atoms with Gasteiger partial charge in [-0.3, -0.25) is 15.0 Å². The van der Waals surface area contributed by atoms with Gasteiger partial charge in [-0.05, 0) is 29.2 Å². The maximum absolute atomic E-state index is 12.6. The molecule has 2 aromatic carbocycles. The Balaban J connectivity index is 1.38. The highest BCUT2D eigenvalue weighted by molar-refractivity contribution is 7.09. The molecule has 1 aromatic heterocycles. The summed E-state index contributed by atoms with van der Waals surface area (Å²) in [5.41, 5.74) is 4.34. The molecule has 0 saturated carbocycles. The Hall–Kier alpha value is -2.57. The van der Waals surface area contributed by atoms with E-state index in [0.717, 1.165) is 42.3 Å². The SMILES string of the molecule is O=C(Cc1nc(C(=O)NN2CCCCC2)cs1)Cc1cccc2ccccc12. The van der Waals surface area contributed by atoms with Gasteiger partial charge < -0.3 is 0 Å². The summed E-state index contributed by atoms with van der Waals surface area (Å²) < 4.78 is 0. The predicted molar refractivity (Wildman–Crippen MR) is 111 cm³/mol. The molecule has 1 saturated heterocycles. The Morgan fingerprint density at radius 2 is 1.79 bits per heavy atom. The number of carbonyl (C=O) groups excluding carboxylic acids is 2. The highest BCUT2D eigenvalue weighted by Gasteiger charge is 2.17. The van der Waals surface area contributed by atoms with Gasteiger partial charge in [-0.1, -0.05) is 48.9 Å². The van der Waals surface area contributed by atoms with E-state index in [1.54, 1.807) is 5.38 Å². The molecule has 0 unspecified atom stereocenters. The fraction of sp³-hybridized carbons (Fsp3) is 0.318. The number of aromatic nitrogens is 1. The van der Waals surface area contributed by atoms with Gasteiger partial charge in [0, 0.05) is 24.9 Å². The van der Waals surface area contributed by atoms with Gasteiger partial charge in [0.2, 0.25) is 0 Å². The Labute approximate surface area is 168 Å². The van der Waals surface area contributed by atoms with Crippen molar-refractivity contribution in [2.24, 2.45) is 0 Å². The van der Waals surface area contributed by atoms with Gasteiger partial charge in [0.15, 0.2) is 0 Å². The van der Waals surface area contributed by atoms with Gasteiger partial charge in [-0.25, -0.2) is 9.99 Å². The average Bonchev–Trinajstić information content (AvgIpc) is 3.17. The van der Waals surface area contributed by atoms with Crippen molar-refractivity contribution < 1.29 is 9.59 Å². The van der Waals surface area contributed by atoms with Gasteiger partial charge in [-0.2, -0.15) is 0 Å². The van der Waals surface area contributed by atoms with Gasteiger partial charge in [-0.15, -0.1) is 11.3 Å². The number of fused-ring (bicyclic) bond motifs is 1. The molecule has 1 aliphatic heterocycles. The predicted octanol–water partition coefficient (Wildman–Crippen LogP) is 3.78. The molecule has 1 amide bonds. The van der Waals surface area contributed by atoms with Crippen LogP contribution in [-0.2, 0) is 17.6 Å². The van der Waals surface area contributed by atoms with E-state index >= 15 is 0 Å². The zero-order valence-electron chi connectivity index (χ0n) is 15.7. The Morgan fingerprint density at radius 1 is 1.00 bits per heavy atom. The van der Waals surface area contributed by atoms with Crippen molar-refractivity contribution in [3.63, 3.8) is 0 Å². The van der Waals surface area contributed by atoms with Gasteiger partial charge >= 0.3 is 0 Å². The summed E-state index contributed by atoms with van der Waals surface area (Å²) in [6, 6.07) is 14.1. The lowest BCUT2D eigenvalue weighted by molar-refractivity contribution is -0.117. The Morgan fingerprint density at radius 3 is 2.64 bits per heavy atom. The first-order valence-electron chi connectivity index (χ1n) is 9.68. The van der Waals surface area contributed by atoms with E-state index in [-0.39, 0.29) is 18.1 Å². The molecular formula is C22H23N3O2S. The summed E-state index contributed by atoms with van der Waals surface area (Å²) in [5.74, 6) is -0.0837. The number of thiazole rings is 1. The van der Waals surface area contributed by atoms with Crippen LogP contribution in [0, 0.1) is 0 Å². The van der Waals surface area contributed by atoms with Crippen molar-refractivity contribution >= 4 is 33.8 Å². The van der Waals surface area contributed by atoms with Crippen LogP contribution in [0.5, 0.6) is 0 Å². The van der Waals surface area contributed by atoms with E-state index in [0.29, 0.717) is 17.1 Å². The third-order valence-electron chi connectivity index (χ3n) is 5.02. The zero-order chi connectivity index (χ0) is 19.3. The number of nitrogens with zero attached hydrogens (tertiary/aromatic N) is 2. The van der Waals surface area contributed by atoms with E-state index in [9.17, 15) is 9.59 Å². The average molecular weight is 394 g/mol. The monoisotopic (exact) mass is 393 g/mol. The first-order chi connectivity index (χ1) is 13.7. The summed E-state index contributed by atoms with van der Waals surface area (Å²) >= 11 is 1.37. The van der Waals surface area contributed by atoms with Crippen molar-refractivity contribution in [2.45, 2.75) is 32.1 Å². The molecule has 0 bridgehead atoms. The molecular weight excluding hydrogens is 370 g/mol. The molecule has 0 aliphatic carbocycles. The number of rotatable bonds is 6. The summed E-state index contributed by atoms with van der Waals surface area (Å²) in [6.07, 6.45) is 4.05. The number of ketones is 1. The first kappa shape index (κ1) is 18.8. The van der Waals surface area contributed by atoms with Crippen LogP contribution >= 0.6 is 11.3 Å². The highest BCUT2D eigenvalue weighted by atomic mass is 32.1. The summed E-state index contributed by atoms with van der Waals surface area (Å²) in [6.45, 7) is 1.76. The van der Waals surface area contributed by atoms with Crippen LogP contribution in [0.4, 0.5) is 0 Å². The van der Waals surface area contributed by atoms with E-state index in [1.807, 2.05) is 35.3 Å². The number of carbonyl (C=O) groups is 2. The third-order valence-corrected chi connectivity index (χ3v) is 5.86.